The summed E-state index contributed by atoms with van der Waals surface area (Å²) >= 11 is 0. The quantitative estimate of drug-likeness (QED) is 0.448. The van der Waals surface area contributed by atoms with Crippen molar-refractivity contribution in [3.63, 3.8) is 0 Å². The second-order valence-electron chi connectivity index (χ2n) is 5.65. The van der Waals surface area contributed by atoms with Gasteiger partial charge in [0.1, 0.15) is 11.5 Å². The Kier molecular flexibility index (Phi) is 4.59. The largest absolute Gasteiger partial charge is 0.496 e. The molecule has 3 aromatic carbocycles. The zero-order chi connectivity index (χ0) is 18.0. The van der Waals surface area contributed by atoms with Crippen LogP contribution in [0.25, 0.3) is 10.8 Å². The van der Waals surface area contributed by atoms with E-state index in [0.717, 1.165) is 21.3 Å². The molecule has 0 aliphatic rings. The van der Waals surface area contributed by atoms with Crippen molar-refractivity contribution >= 4 is 22.4 Å². The summed E-state index contributed by atoms with van der Waals surface area (Å²) in [5.74, 6) is 7.06. The molecule has 0 bridgehead atoms. The van der Waals surface area contributed by atoms with E-state index in [4.69, 9.17) is 15.3 Å². The molecule has 25 heavy (non-hydrogen) atoms. The molecule has 1 amide bonds. The number of nitrogens with two attached hydrogens (primary N) is 1. The summed E-state index contributed by atoms with van der Waals surface area (Å²) in [4.78, 5) is 13.0. The van der Waals surface area contributed by atoms with Crippen LogP contribution in [0, 0.1) is 6.92 Å². The van der Waals surface area contributed by atoms with Gasteiger partial charge in [-0.2, -0.15) is 0 Å². The number of benzene rings is 3. The van der Waals surface area contributed by atoms with Gasteiger partial charge in [-0.1, -0.05) is 30.3 Å². The van der Waals surface area contributed by atoms with Gasteiger partial charge in [-0.25, -0.2) is 10.9 Å². The van der Waals surface area contributed by atoms with Crippen molar-refractivity contribution in [3.8, 4) is 11.5 Å². The Morgan fingerprint density at radius 3 is 2.32 bits per heavy atom. The molecule has 0 saturated carbocycles. The lowest BCUT2D eigenvalue weighted by molar-refractivity contribution is 0.0986. The van der Waals surface area contributed by atoms with Gasteiger partial charge in [0, 0.05) is 21.9 Å². The summed E-state index contributed by atoms with van der Waals surface area (Å²) in [6.45, 7) is 1.85. The summed E-state index contributed by atoms with van der Waals surface area (Å²) in [5, 5.41) is 2.83. The topological polar surface area (TPSA) is 64.8 Å². The molecule has 0 unspecified atom stereocenters. The van der Waals surface area contributed by atoms with Gasteiger partial charge < -0.3 is 9.47 Å². The fraction of sp³-hybridized carbons (Fsp3) is 0.150. The standard InChI is InChI=1S/C20H20N2O3/c1-13-16(20(23)22(21)14-8-5-4-6-9-14)12-17-15(19(13)25-3)10-7-11-18(17)24-2/h4-12H,21H2,1-3H3. The van der Waals surface area contributed by atoms with Crippen LogP contribution in [0.2, 0.25) is 0 Å². The molecule has 0 aliphatic carbocycles. The predicted octanol–water partition coefficient (Wildman–Crippen LogP) is 3.69. The summed E-state index contributed by atoms with van der Waals surface area (Å²) in [6.07, 6.45) is 0. The normalized spacial score (nSPS) is 10.6. The van der Waals surface area contributed by atoms with Gasteiger partial charge in [-0.15, -0.1) is 0 Å². The minimum absolute atomic E-state index is 0.310. The maximum atomic E-state index is 13.0. The molecule has 5 heteroatoms. The van der Waals surface area contributed by atoms with E-state index in [1.54, 1.807) is 32.4 Å². The van der Waals surface area contributed by atoms with E-state index < -0.39 is 0 Å². The highest BCUT2D eigenvalue weighted by atomic mass is 16.5. The Labute approximate surface area is 146 Å². The van der Waals surface area contributed by atoms with Crippen LogP contribution in [0.1, 0.15) is 15.9 Å². The van der Waals surface area contributed by atoms with Crippen molar-refractivity contribution in [3.05, 3.63) is 65.7 Å². The van der Waals surface area contributed by atoms with Crippen molar-refractivity contribution in [1.29, 1.82) is 0 Å². The number of amides is 1. The predicted molar refractivity (Wildman–Crippen MR) is 99.2 cm³/mol. The van der Waals surface area contributed by atoms with Crippen LogP contribution in [-0.4, -0.2) is 20.1 Å². The molecule has 0 aliphatic heterocycles. The maximum absolute atomic E-state index is 13.0. The summed E-state index contributed by atoms with van der Waals surface area (Å²) in [6, 6.07) is 16.6. The molecule has 0 atom stereocenters. The number of carbonyl (C=O) groups excluding carboxylic acids is 1. The first-order valence-corrected chi connectivity index (χ1v) is 7.87. The van der Waals surface area contributed by atoms with E-state index in [1.165, 1.54) is 0 Å². The highest BCUT2D eigenvalue weighted by Gasteiger charge is 2.21. The molecule has 3 aromatic rings. The van der Waals surface area contributed by atoms with Gasteiger partial charge in [-0.3, -0.25) is 4.79 Å². The van der Waals surface area contributed by atoms with Crippen molar-refractivity contribution < 1.29 is 14.3 Å². The third-order valence-electron chi connectivity index (χ3n) is 4.25. The molecular formula is C20H20N2O3. The fourth-order valence-electron chi connectivity index (χ4n) is 2.97. The Hall–Kier alpha value is -3.05. The zero-order valence-corrected chi connectivity index (χ0v) is 14.4. The van der Waals surface area contributed by atoms with E-state index in [9.17, 15) is 4.79 Å². The molecule has 0 aromatic heterocycles. The van der Waals surface area contributed by atoms with E-state index >= 15 is 0 Å². The number of para-hydroxylation sites is 1. The van der Waals surface area contributed by atoms with Gasteiger partial charge in [0.25, 0.3) is 5.91 Å². The number of rotatable bonds is 4. The molecule has 0 spiro atoms. The number of carbonyl (C=O) groups is 1. The lowest BCUT2D eigenvalue weighted by atomic mass is 9.98. The Morgan fingerprint density at radius 2 is 1.68 bits per heavy atom. The van der Waals surface area contributed by atoms with Crippen molar-refractivity contribution in [2.24, 2.45) is 5.84 Å². The van der Waals surface area contributed by atoms with Crippen LogP contribution in [0.3, 0.4) is 0 Å². The van der Waals surface area contributed by atoms with Crippen LogP contribution in [0.4, 0.5) is 5.69 Å². The van der Waals surface area contributed by atoms with Crippen molar-refractivity contribution in [1.82, 2.24) is 0 Å². The number of fused-ring (bicyclic) bond motifs is 1. The molecule has 5 nitrogen and oxygen atoms in total. The van der Waals surface area contributed by atoms with Gasteiger partial charge >= 0.3 is 0 Å². The molecule has 3 rings (SSSR count). The summed E-state index contributed by atoms with van der Waals surface area (Å²) in [7, 11) is 3.19. The monoisotopic (exact) mass is 336 g/mol. The van der Waals surface area contributed by atoms with Crippen LogP contribution in [0.15, 0.2) is 54.6 Å². The van der Waals surface area contributed by atoms with Gasteiger partial charge in [0.05, 0.1) is 19.9 Å². The zero-order valence-electron chi connectivity index (χ0n) is 14.4. The maximum Gasteiger partial charge on any atom is 0.272 e. The molecule has 0 radical (unpaired) electrons. The van der Waals surface area contributed by atoms with E-state index in [-0.39, 0.29) is 5.91 Å². The van der Waals surface area contributed by atoms with E-state index in [2.05, 4.69) is 0 Å². The third kappa shape index (κ3) is 2.90. The van der Waals surface area contributed by atoms with Gasteiger partial charge in [-0.05, 0) is 31.2 Å². The van der Waals surface area contributed by atoms with Crippen molar-refractivity contribution in [2.75, 3.05) is 19.2 Å². The first kappa shape index (κ1) is 16.8. The summed E-state index contributed by atoms with van der Waals surface area (Å²) in [5.41, 5.74) is 1.82. The first-order valence-electron chi connectivity index (χ1n) is 7.87. The number of nitrogens with zero attached hydrogens (tertiary/aromatic N) is 1. The number of anilines is 1. The highest BCUT2D eigenvalue weighted by Crippen LogP contribution is 2.37. The van der Waals surface area contributed by atoms with Crippen LogP contribution in [0.5, 0.6) is 11.5 Å². The molecule has 0 heterocycles. The van der Waals surface area contributed by atoms with Crippen LogP contribution < -0.4 is 20.3 Å². The molecule has 0 saturated heterocycles. The minimum Gasteiger partial charge on any atom is -0.496 e. The first-order chi connectivity index (χ1) is 12.1. The van der Waals surface area contributed by atoms with E-state index in [1.807, 2.05) is 43.3 Å². The highest BCUT2D eigenvalue weighted by molar-refractivity contribution is 6.10. The number of hydrazine groups is 1. The lowest BCUT2D eigenvalue weighted by Gasteiger charge is -2.20. The SMILES string of the molecule is COc1cccc2c(OC)c(C)c(C(=O)N(N)c3ccccc3)cc12. The number of hydrogen-bond acceptors (Lipinski definition) is 4. The average Bonchev–Trinajstić information content (AvgIpc) is 2.66. The third-order valence-corrected chi connectivity index (χ3v) is 4.25. The molecule has 128 valence electrons. The second kappa shape index (κ2) is 6.83. The van der Waals surface area contributed by atoms with Crippen LogP contribution in [-0.2, 0) is 0 Å². The number of ether oxygens (including phenoxy) is 2. The lowest BCUT2D eigenvalue weighted by Crippen LogP contribution is -2.37. The molecular weight excluding hydrogens is 316 g/mol. The van der Waals surface area contributed by atoms with Crippen LogP contribution >= 0.6 is 0 Å². The Balaban J connectivity index is 2.19. The Morgan fingerprint density at radius 1 is 0.960 bits per heavy atom. The molecule has 0 fully saturated rings. The average molecular weight is 336 g/mol. The molecule has 2 N–H and O–H groups in total. The van der Waals surface area contributed by atoms with Crippen molar-refractivity contribution in [2.45, 2.75) is 6.92 Å². The van der Waals surface area contributed by atoms with E-state index in [0.29, 0.717) is 22.7 Å². The van der Waals surface area contributed by atoms with Gasteiger partial charge in [0.15, 0.2) is 0 Å². The fourth-order valence-corrected chi connectivity index (χ4v) is 2.97. The number of methoxy groups -OCH3 is 2. The number of hydrogen-bond donors (Lipinski definition) is 1. The summed E-state index contributed by atoms with van der Waals surface area (Å²) < 4.78 is 11.0. The van der Waals surface area contributed by atoms with Gasteiger partial charge in [0.2, 0.25) is 0 Å². The minimum atomic E-state index is -0.310. The smallest absolute Gasteiger partial charge is 0.272 e. The Bertz CT molecular complexity index is 923. The second-order valence-corrected chi connectivity index (χ2v) is 5.65.